The van der Waals surface area contributed by atoms with Gasteiger partial charge in [0.25, 0.3) is 0 Å². The first kappa shape index (κ1) is 13.3. The van der Waals surface area contributed by atoms with Crippen molar-refractivity contribution in [1.82, 2.24) is 0 Å². The molecule has 0 bridgehead atoms. The van der Waals surface area contributed by atoms with Crippen molar-refractivity contribution < 1.29 is 13.6 Å². The van der Waals surface area contributed by atoms with Gasteiger partial charge in [-0.05, 0) is 25.0 Å². The van der Waals surface area contributed by atoms with Gasteiger partial charge in [0, 0.05) is 0 Å². The van der Waals surface area contributed by atoms with Crippen LogP contribution >= 0.6 is 7.60 Å². The zero-order valence-corrected chi connectivity index (χ0v) is 10.8. The average molecular weight is 242 g/mol. The standard InChI is InChI=1S/C12H19O3P/c1-3-10-14-16(13,11-4-2)15-12-8-6-5-7-9-12/h5-9H,3-4,10-11H2,1-2H3. The van der Waals surface area contributed by atoms with E-state index < -0.39 is 7.60 Å². The smallest absolute Gasteiger partial charge is 0.379 e. The highest BCUT2D eigenvalue weighted by atomic mass is 31.2. The second kappa shape index (κ2) is 6.72. The Hall–Kier alpha value is -0.790. The number of hydrogen-bond donors (Lipinski definition) is 0. The van der Waals surface area contributed by atoms with E-state index in [0.29, 0.717) is 18.5 Å². The minimum absolute atomic E-state index is 0.460. The van der Waals surface area contributed by atoms with E-state index in [0.717, 1.165) is 12.8 Å². The fourth-order valence-electron chi connectivity index (χ4n) is 1.28. The summed E-state index contributed by atoms with van der Waals surface area (Å²) in [6.45, 7) is 4.43. The number of hydrogen-bond acceptors (Lipinski definition) is 3. The molecule has 0 aliphatic carbocycles. The highest BCUT2D eigenvalue weighted by Gasteiger charge is 2.24. The summed E-state index contributed by atoms with van der Waals surface area (Å²) in [6, 6.07) is 9.18. The van der Waals surface area contributed by atoms with Crippen LogP contribution in [-0.4, -0.2) is 12.8 Å². The number of para-hydroxylation sites is 1. The summed E-state index contributed by atoms with van der Waals surface area (Å²) >= 11 is 0. The van der Waals surface area contributed by atoms with Gasteiger partial charge in [0.1, 0.15) is 5.75 Å². The lowest BCUT2D eigenvalue weighted by atomic mass is 10.3. The normalized spacial score (nSPS) is 14.4. The molecule has 1 aromatic carbocycles. The molecule has 16 heavy (non-hydrogen) atoms. The van der Waals surface area contributed by atoms with E-state index in [2.05, 4.69) is 0 Å². The third-order valence-electron chi connectivity index (χ3n) is 1.98. The van der Waals surface area contributed by atoms with Crippen molar-refractivity contribution in [2.24, 2.45) is 0 Å². The zero-order chi connectivity index (χ0) is 11.9. The Labute approximate surface area is 97.3 Å². The van der Waals surface area contributed by atoms with Gasteiger partial charge < -0.3 is 4.52 Å². The van der Waals surface area contributed by atoms with Crippen LogP contribution in [0, 0.1) is 0 Å². The van der Waals surface area contributed by atoms with E-state index in [4.69, 9.17) is 9.05 Å². The Morgan fingerprint density at radius 3 is 2.38 bits per heavy atom. The molecule has 4 heteroatoms. The molecule has 1 aromatic rings. The number of benzene rings is 1. The van der Waals surface area contributed by atoms with E-state index in [-0.39, 0.29) is 0 Å². The van der Waals surface area contributed by atoms with Crippen LogP contribution in [0.1, 0.15) is 26.7 Å². The Balaban J connectivity index is 2.67. The van der Waals surface area contributed by atoms with E-state index in [1.807, 2.05) is 32.0 Å². The van der Waals surface area contributed by atoms with Gasteiger partial charge in [0.2, 0.25) is 0 Å². The fourth-order valence-corrected chi connectivity index (χ4v) is 3.01. The second-order valence-electron chi connectivity index (χ2n) is 3.57. The lowest BCUT2D eigenvalue weighted by molar-refractivity contribution is 0.265. The van der Waals surface area contributed by atoms with E-state index in [1.54, 1.807) is 12.1 Å². The van der Waals surface area contributed by atoms with E-state index >= 15 is 0 Å². The predicted molar refractivity (Wildman–Crippen MR) is 66.1 cm³/mol. The third-order valence-corrected chi connectivity index (χ3v) is 4.04. The van der Waals surface area contributed by atoms with E-state index in [1.165, 1.54) is 0 Å². The molecule has 90 valence electrons. The Bertz CT molecular complexity index is 337. The van der Waals surface area contributed by atoms with Crippen LogP contribution in [0.15, 0.2) is 30.3 Å². The van der Waals surface area contributed by atoms with Crippen molar-refractivity contribution in [1.29, 1.82) is 0 Å². The SMILES string of the molecule is CCCOP(=O)(CCC)Oc1ccccc1. The molecule has 0 radical (unpaired) electrons. The molecule has 0 fully saturated rings. The first-order chi connectivity index (χ1) is 7.70. The molecule has 0 heterocycles. The summed E-state index contributed by atoms with van der Waals surface area (Å²) in [5, 5.41) is 0. The molecule has 0 spiro atoms. The van der Waals surface area contributed by atoms with Gasteiger partial charge in [-0.1, -0.05) is 32.0 Å². The maximum absolute atomic E-state index is 12.3. The van der Waals surface area contributed by atoms with E-state index in [9.17, 15) is 4.57 Å². The third kappa shape index (κ3) is 4.38. The fraction of sp³-hybridized carbons (Fsp3) is 0.500. The minimum Gasteiger partial charge on any atom is -0.424 e. The van der Waals surface area contributed by atoms with Crippen molar-refractivity contribution in [2.75, 3.05) is 12.8 Å². The molecule has 1 rings (SSSR count). The Morgan fingerprint density at radius 1 is 1.12 bits per heavy atom. The van der Waals surface area contributed by atoms with Crippen LogP contribution in [0.5, 0.6) is 5.75 Å². The summed E-state index contributed by atoms with van der Waals surface area (Å²) in [5.74, 6) is 0.607. The molecule has 0 saturated heterocycles. The van der Waals surface area contributed by atoms with Gasteiger partial charge >= 0.3 is 7.60 Å². The minimum atomic E-state index is -2.96. The molecule has 0 amide bonds. The lowest BCUT2D eigenvalue weighted by Gasteiger charge is -2.18. The summed E-state index contributed by atoms with van der Waals surface area (Å²) in [6.07, 6.45) is 2.08. The summed E-state index contributed by atoms with van der Waals surface area (Å²) < 4.78 is 23.1. The van der Waals surface area contributed by atoms with Gasteiger partial charge in [-0.15, -0.1) is 0 Å². The number of rotatable bonds is 7. The highest BCUT2D eigenvalue weighted by molar-refractivity contribution is 7.54. The topological polar surface area (TPSA) is 35.5 Å². The van der Waals surface area contributed by atoms with Crippen molar-refractivity contribution in [3.8, 4) is 5.75 Å². The molecule has 1 atom stereocenters. The molecule has 0 N–H and O–H groups in total. The molecule has 0 aliphatic rings. The van der Waals surface area contributed by atoms with Crippen molar-refractivity contribution in [2.45, 2.75) is 26.7 Å². The van der Waals surface area contributed by atoms with Crippen LogP contribution in [0.3, 0.4) is 0 Å². The maximum atomic E-state index is 12.3. The van der Waals surface area contributed by atoms with Crippen LogP contribution in [-0.2, 0) is 9.09 Å². The van der Waals surface area contributed by atoms with Crippen molar-refractivity contribution in [3.05, 3.63) is 30.3 Å². The van der Waals surface area contributed by atoms with Gasteiger partial charge in [-0.25, -0.2) is 4.57 Å². The Morgan fingerprint density at radius 2 is 1.81 bits per heavy atom. The second-order valence-corrected chi connectivity index (χ2v) is 5.68. The molecular formula is C12H19O3P. The van der Waals surface area contributed by atoms with Gasteiger partial charge in [-0.3, -0.25) is 4.52 Å². The summed E-state index contributed by atoms with van der Waals surface area (Å²) in [4.78, 5) is 0. The molecule has 0 saturated carbocycles. The maximum Gasteiger partial charge on any atom is 0.379 e. The molecule has 0 aromatic heterocycles. The lowest BCUT2D eigenvalue weighted by Crippen LogP contribution is -2.02. The van der Waals surface area contributed by atoms with Crippen LogP contribution in [0.25, 0.3) is 0 Å². The molecule has 1 unspecified atom stereocenters. The highest BCUT2D eigenvalue weighted by Crippen LogP contribution is 2.48. The summed E-state index contributed by atoms with van der Waals surface area (Å²) in [7, 11) is -2.96. The van der Waals surface area contributed by atoms with Gasteiger partial charge in [0.15, 0.2) is 0 Å². The largest absolute Gasteiger partial charge is 0.424 e. The quantitative estimate of drug-likeness (QED) is 0.675. The predicted octanol–water partition coefficient (Wildman–Crippen LogP) is 4.10. The van der Waals surface area contributed by atoms with Crippen LogP contribution < -0.4 is 4.52 Å². The van der Waals surface area contributed by atoms with Gasteiger partial charge in [0.05, 0.1) is 12.8 Å². The van der Waals surface area contributed by atoms with Gasteiger partial charge in [-0.2, -0.15) is 0 Å². The van der Waals surface area contributed by atoms with Crippen LogP contribution in [0.4, 0.5) is 0 Å². The first-order valence-corrected chi connectivity index (χ1v) is 7.41. The Kier molecular flexibility index (Phi) is 5.58. The van der Waals surface area contributed by atoms with Crippen molar-refractivity contribution in [3.63, 3.8) is 0 Å². The molecule has 3 nitrogen and oxygen atoms in total. The van der Waals surface area contributed by atoms with Crippen molar-refractivity contribution >= 4 is 7.60 Å². The zero-order valence-electron chi connectivity index (χ0n) is 9.89. The first-order valence-electron chi connectivity index (χ1n) is 5.68. The average Bonchev–Trinajstić information content (AvgIpc) is 2.28. The summed E-state index contributed by atoms with van der Waals surface area (Å²) in [5.41, 5.74) is 0. The monoisotopic (exact) mass is 242 g/mol. The molecule has 0 aliphatic heterocycles. The van der Waals surface area contributed by atoms with Crippen LogP contribution in [0.2, 0.25) is 0 Å². The molecular weight excluding hydrogens is 223 g/mol.